The quantitative estimate of drug-likeness (QED) is 0.0593. The number of nitrogens with two attached hydrogens (primary N) is 3. The van der Waals surface area contributed by atoms with E-state index in [1.165, 1.54) is 25.0 Å². The second kappa shape index (κ2) is 21.1. The molecular weight excluding hydrogens is 1140 g/mol. The highest BCUT2D eigenvalue weighted by atomic mass is 35.5. The van der Waals surface area contributed by atoms with Crippen molar-refractivity contribution in [1.29, 1.82) is 0 Å². The average Bonchev–Trinajstić information content (AvgIpc) is 2.38. The lowest BCUT2D eigenvalue weighted by Crippen LogP contribution is -2.41. The number of phenols is 3. The van der Waals surface area contributed by atoms with Crippen molar-refractivity contribution in [3.8, 4) is 51.4 Å². The number of anilines is 3. The number of para-hydroxylation sites is 1. The molecule has 88 heavy (non-hydrogen) atoms. The number of aromatic amines is 3. The fourth-order valence-corrected chi connectivity index (χ4v) is 14.1. The number of nitrogens with one attached hydrogen (secondary N) is 3. The average molecular weight is 1200 g/mol. The van der Waals surface area contributed by atoms with Gasteiger partial charge in [0.05, 0.1) is 73.8 Å². The molecule has 1 atom stereocenters. The number of likely N-dealkylation sites (tertiary alicyclic amines) is 3. The van der Waals surface area contributed by atoms with Gasteiger partial charge < -0.3 is 62.2 Å². The molecule has 12 N–H and O–H groups in total. The molecule has 0 radical (unpaired) electrons. The fourth-order valence-electron chi connectivity index (χ4n) is 13.8. The molecule has 12 heterocycles. The normalized spacial score (nSPS) is 16.4. The first kappa shape index (κ1) is 54.6. The number of phenolic OH excluding ortho intramolecular Hbond substituents is 3. The Labute approximate surface area is 505 Å². The van der Waals surface area contributed by atoms with Gasteiger partial charge in [-0.05, 0) is 99.4 Å². The van der Waals surface area contributed by atoms with Crippen LogP contribution >= 0.6 is 11.6 Å². The van der Waals surface area contributed by atoms with Crippen LogP contribution in [0.1, 0.15) is 81.6 Å². The summed E-state index contributed by atoms with van der Waals surface area (Å²) < 4.78 is 5.74. The number of nitrogens with zero attached hydrogens (tertiary/aromatic N) is 15. The standard InChI is InChI=1S/C61H62ClN21O5/c1-29(78-12-6-34(7-13-78)81-59-47(56(63)66-26-69-59)53(75-81)41-20-31-4-3-5-44(86)51(31)73-41)18-32-19-37(85)23-40-38(32)24-42(72-40)54-48-57(64)67-27-70-60(48)83(76-54)36-10-16-80(17-11-36)46(88)22-33-21-45(87)52-39(50(33)62)25-43(74-52)55-49-58(65)68-28-71-61(49)82(77-55)35-8-14-79(15-9-35)30(2)84/h3-5,19-21,23-29,34-36,72-74,85-87H,6-18,22H2,1-2H3,(H2,63,66,69)(H2,64,67,70)(H2,65,68,71). The SMILES string of the molecule is CC(=O)N1CCC(n2nc(-c3cc4c(Cl)c(CC(=O)N5CCC(n6nc(-c7cc8c(CC(C)N9CCC(n%10nc(-c%11cc%12cccc(O)c%12[nH]%11)c%11c(N)ncnc%11%10)CC9)cc(O)cc8[nH]7)c7c(N)ncnc76)CC5)cc(O)c4[nH]3)c3c(N)ncnc32)CC1. The summed E-state index contributed by atoms with van der Waals surface area (Å²) in [6, 6.07) is 16.3. The van der Waals surface area contributed by atoms with Gasteiger partial charge in [0.1, 0.15) is 70.8 Å². The number of amides is 2. The molecule has 3 aliphatic heterocycles. The molecule has 3 aliphatic rings. The van der Waals surface area contributed by atoms with E-state index in [9.17, 15) is 24.9 Å². The van der Waals surface area contributed by atoms with Crippen LogP contribution in [0.25, 0.3) is 100.0 Å². The number of carbonyl (C=O) groups excluding carboxylic acids is 2. The zero-order valence-corrected chi connectivity index (χ0v) is 48.9. The van der Waals surface area contributed by atoms with Gasteiger partial charge in [0, 0.05) is 80.0 Å². The molecule has 2 amide bonds. The van der Waals surface area contributed by atoms with E-state index in [-0.39, 0.29) is 71.3 Å². The monoisotopic (exact) mass is 1200 g/mol. The van der Waals surface area contributed by atoms with Crippen LogP contribution in [-0.4, -0.2) is 161 Å². The van der Waals surface area contributed by atoms with Gasteiger partial charge in [-0.1, -0.05) is 23.7 Å². The minimum absolute atomic E-state index is 0.0289. The van der Waals surface area contributed by atoms with Crippen LogP contribution in [0.4, 0.5) is 17.5 Å². The number of H-pyrrole nitrogens is 3. The smallest absolute Gasteiger partial charge is 0.227 e. The lowest BCUT2D eigenvalue weighted by molar-refractivity contribution is -0.132. The Balaban J connectivity index is 0.631. The maximum atomic E-state index is 14.2. The lowest BCUT2D eigenvalue weighted by Gasteiger charge is -2.36. The summed E-state index contributed by atoms with van der Waals surface area (Å²) in [6.07, 6.45) is 9.10. The number of piperidine rings is 3. The molecule has 27 heteroatoms. The van der Waals surface area contributed by atoms with E-state index >= 15 is 0 Å². The number of rotatable bonds is 11. The first-order valence-electron chi connectivity index (χ1n) is 29.5. The zero-order chi connectivity index (χ0) is 60.4. The third-order valence-electron chi connectivity index (χ3n) is 18.4. The van der Waals surface area contributed by atoms with Gasteiger partial charge >= 0.3 is 0 Å². The maximum Gasteiger partial charge on any atom is 0.227 e. The highest BCUT2D eigenvalue weighted by Gasteiger charge is 2.33. The molecule has 3 aromatic carbocycles. The predicted molar refractivity (Wildman–Crippen MR) is 333 cm³/mol. The summed E-state index contributed by atoms with van der Waals surface area (Å²) >= 11 is 7.13. The van der Waals surface area contributed by atoms with E-state index in [2.05, 4.69) is 57.8 Å². The minimum Gasteiger partial charge on any atom is -0.508 e. The highest BCUT2D eigenvalue weighted by Crippen LogP contribution is 2.43. The van der Waals surface area contributed by atoms with Crippen LogP contribution < -0.4 is 17.2 Å². The van der Waals surface area contributed by atoms with Gasteiger partial charge in [0.25, 0.3) is 0 Å². The minimum atomic E-state index is -0.141. The van der Waals surface area contributed by atoms with Crippen molar-refractivity contribution < 1.29 is 24.9 Å². The lowest BCUT2D eigenvalue weighted by atomic mass is 9.98. The number of aromatic hydroxyl groups is 3. The number of nitrogen functional groups attached to an aromatic ring is 3. The van der Waals surface area contributed by atoms with Gasteiger partial charge in [-0.2, -0.15) is 15.3 Å². The van der Waals surface area contributed by atoms with Crippen molar-refractivity contribution in [3.05, 3.63) is 89.7 Å². The van der Waals surface area contributed by atoms with E-state index in [1.807, 2.05) is 42.0 Å². The molecule has 3 fully saturated rings. The fraction of sp³-hybridized carbons (Fsp3) is 0.328. The van der Waals surface area contributed by atoms with Crippen molar-refractivity contribution in [2.75, 3.05) is 56.5 Å². The summed E-state index contributed by atoms with van der Waals surface area (Å²) in [5.41, 5.74) is 28.3. The molecule has 0 saturated carbocycles. The molecule has 0 spiro atoms. The highest BCUT2D eigenvalue weighted by molar-refractivity contribution is 6.37. The largest absolute Gasteiger partial charge is 0.508 e. The second-order valence-electron chi connectivity index (χ2n) is 23.6. The van der Waals surface area contributed by atoms with E-state index in [1.54, 1.807) is 31.2 Å². The van der Waals surface area contributed by atoms with Crippen LogP contribution in [0.15, 0.2) is 73.6 Å². The first-order chi connectivity index (χ1) is 42.6. The summed E-state index contributed by atoms with van der Waals surface area (Å²) in [5.74, 6) is 0.979. The van der Waals surface area contributed by atoms with Gasteiger partial charge in [0.15, 0.2) is 16.9 Å². The van der Waals surface area contributed by atoms with Crippen LogP contribution in [0.3, 0.4) is 0 Å². The Morgan fingerprint density at radius 2 is 1.09 bits per heavy atom. The van der Waals surface area contributed by atoms with Crippen molar-refractivity contribution >= 4 is 107 Å². The molecule has 0 aliphatic carbocycles. The third kappa shape index (κ3) is 9.14. The molecule has 9 aromatic heterocycles. The number of benzene rings is 3. The third-order valence-corrected chi connectivity index (χ3v) is 18.9. The van der Waals surface area contributed by atoms with Crippen LogP contribution in [-0.2, 0) is 22.4 Å². The van der Waals surface area contributed by atoms with E-state index in [4.69, 9.17) is 49.1 Å². The van der Waals surface area contributed by atoms with Crippen LogP contribution in [0.5, 0.6) is 17.2 Å². The summed E-state index contributed by atoms with van der Waals surface area (Å²) in [4.78, 5) is 69.4. The molecule has 12 aromatic rings. The predicted octanol–water partition coefficient (Wildman–Crippen LogP) is 7.93. The number of aromatic nitrogens is 15. The Morgan fingerprint density at radius 3 is 1.64 bits per heavy atom. The summed E-state index contributed by atoms with van der Waals surface area (Å²) in [6.45, 7) is 7.46. The topological polar surface area (TPSA) is 361 Å². The Bertz CT molecular complexity index is 4780. The van der Waals surface area contributed by atoms with Crippen molar-refractivity contribution in [2.24, 2.45) is 0 Å². The molecule has 448 valence electrons. The van der Waals surface area contributed by atoms with E-state index < -0.39 is 0 Å². The number of fused-ring (bicyclic) bond motifs is 6. The van der Waals surface area contributed by atoms with Gasteiger partial charge in [-0.15, -0.1) is 0 Å². The first-order valence-corrected chi connectivity index (χ1v) is 29.9. The number of hydrogen-bond acceptors (Lipinski definition) is 18. The van der Waals surface area contributed by atoms with Crippen molar-refractivity contribution in [3.63, 3.8) is 0 Å². The van der Waals surface area contributed by atoms with Gasteiger partial charge in [-0.3, -0.25) is 9.59 Å². The number of halogens is 1. The molecular formula is C61H62ClN21O5. The maximum absolute atomic E-state index is 14.2. The molecule has 26 nitrogen and oxygen atoms in total. The number of carbonyl (C=O) groups is 2. The summed E-state index contributed by atoms with van der Waals surface area (Å²) in [7, 11) is 0. The van der Waals surface area contributed by atoms with Gasteiger partial charge in [-0.25, -0.2) is 43.9 Å². The molecule has 15 rings (SSSR count). The Morgan fingerprint density at radius 1 is 0.591 bits per heavy atom. The van der Waals surface area contributed by atoms with Crippen molar-refractivity contribution in [2.45, 2.75) is 89.4 Å². The van der Waals surface area contributed by atoms with Crippen LogP contribution in [0.2, 0.25) is 5.02 Å². The van der Waals surface area contributed by atoms with Crippen LogP contribution in [0, 0.1) is 0 Å². The molecule has 3 saturated heterocycles. The molecule has 1 unspecified atom stereocenters. The zero-order valence-electron chi connectivity index (χ0n) is 48.1. The summed E-state index contributed by atoms with van der Waals surface area (Å²) in [5, 5.41) is 52.9. The van der Waals surface area contributed by atoms with Gasteiger partial charge in [0.2, 0.25) is 11.8 Å². The number of hydrogen-bond donors (Lipinski definition) is 9. The Kier molecular flexibility index (Phi) is 13.1. The van der Waals surface area contributed by atoms with E-state index in [0.29, 0.717) is 153 Å². The second-order valence-corrected chi connectivity index (χ2v) is 24.0. The Hall–Kier alpha value is -10.1. The van der Waals surface area contributed by atoms with Crippen molar-refractivity contribution in [1.82, 2.24) is 88.9 Å². The molecule has 0 bridgehead atoms. The van der Waals surface area contributed by atoms with E-state index in [0.717, 1.165) is 53.5 Å².